The Hall–Kier alpha value is -1.88. The van der Waals surface area contributed by atoms with E-state index in [1.165, 1.54) is 11.3 Å². The molecule has 2 aromatic rings. The second kappa shape index (κ2) is 4.55. The third kappa shape index (κ3) is 2.14. The minimum Gasteiger partial charge on any atom is -0.496 e. The van der Waals surface area contributed by atoms with E-state index in [0.717, 1.165) is 22.0 Å². The smallest absolute Gasteiger partial charge is 0.135 e. The van der Waals surface area contributed by atoms with Crippen LogP contribution in [0.25, 0.3) is 10.6 Å². The summed E-state index contributed by atoms with van der Waals surface area (Å²) in [7, 11) is 1.63. The second-order valence-corrected chi connectivity index (χ2v) is 4.55. The van der Waals surface area contributed by atoms with Gasteiger partial charge in [-0.3, -0.25) is 5.41 Å². The third-order valence-corrected chi connectivity index (χ3v) is 3.60. The van der Waals surface area contributed by atoms with Gasteiger partial charge < -0.3 is 10.5 Å². The molecule has 0 radical (unpaired) electrons. The highest BCUT2D eigenvalue weighted by molar-refractivity contribution is 7.17. The number of aromatic nitrogens is 1. The van der Waals surface area contributed by atoms with Crippen molar-refractivity contribution in [2.75, 3.05) is 7.11 Å². The second-order valence-electron chi connectivity index (χ2n) is 3.55. The van der Waals surface area contributed by atoms with Crippen molar-refractivity contribution in [2.45, 2.75) is 6.92 Å². The number of methoxy groups -OCH3 is 1. The Balaban J connectivity index is 2.53. The van der Waals surface area contributed by atoms with Crippen molar-refractivity contribution in [1.29, 1.82) is 5.41 Å². The number of nitrogen functional groups attached to an aromatic ring is 1. The van der Waals surface area contributed by atoms with E-state index in [4.69, 9.17) is 15.9 Å². The van der Waals surface area contributed by atoms with Crippen molar-refractivity contribution in [3.63, 3.8) is 0 Å². The van der Waals surface area contributed by atoms with Gasteiger partial charge in [-0.1, -0.05) is 12.1 Å². The van der Waals surface area contributed by atoms with Gasteiger partial charge in [0.2, 0.25) is 0 Å². The minimum absolute atomic E-state index is 0.0566. The predicted molar refractivity (Wildman–Crippen MR) is 69.9 cm³/mol. The van der Waals surface area contributed by atoms with Gasteiger partial charge >= 0.3 is 0 Å². The number of hydrogen-bond acceptors (Lipinski definition) is 4. The van der Waals surface area contributed by atoms with Crippen LogP contribution in [0, 0.1) is 12.3 Å². The van der Waals surface area contributed by atoms with E-state index in [1.54, 1.807) is 7.11 Å². The maximum atomic E-state index is 7.47. The van der Waals surface area contributed by atoms with E-state index in [2.05, 4.69) is 4.98 Å². The van der Waals surface area contributed by atoms with Crippen LogP contribution >= 0.6 is 11.3 Å². The lowest BCUT2D eigenvalue weighted by molar-refractivity contribution is 0.416. The normalized spacial score (nSPS) is 10.2. The van der Waals surface area contributed by atoms with Gasteiger partial charge in [0, 0.05) is 0 Å². The Morgan fingerprint density at radius 3 is 2.71 bits per heavy atom. The lowest BCUT2D eigenvalue weighted by atomic mass is 10.2. The molecular formula is C12H13N3OS. The van der Waals surface area contributed by atoms with Gasteiger partial charge in [0.05, 0.1) is 23.2 Å². The van der Waals surface area contributed by atoms with Crippen LogP contribution in [-0.4, -0.2) is 17.9 Å². The molecule has 0 atom stereocenters. The Bertz CT molecular complexity index is 563. The van der Waals surface area contributed by atoms with Crippen molar-refractivity contribution in [1.82, 2.24) is 4.98 Å². The number of aryl methyl sites for hydroxylation is 1. The number of thiazole rings is 1. The zero-order valence-corrected chi connectivity index (χ0v) is 10.5. The molecule has 0 fully saturated rings. The molecule has 5 heteroatoms. The lowest BCUT2D eigenvalue weighted by Crippen LogP contribution is -2.10. The van der Waals surface area contributed by atoms with E-state index in [1.807, 2.05) is 31.2 Å². The fourth-order valence-electron chi connectivity index (χ4n) is 1.58. The van der Waals surface area contributed by atoms with E-state index in [-0.39, 0.29) is 5.84 Å². The van der Waals surface area contributed by atoms with Crippen molar-refractivity contribution >= 4 is 17.2 Å². The molecule has 0 amide bonds. The zero-order chi connectivity index (χ0) is 12.4. The van der Waals surface area contributed by atoms with Crippen LogP contribution < -0.4 is 10.5 Å². The Labute approximate surface area is 104 Å². The molecule has 0 saturated carbocycles. The minimum atomic E-state index is 0.0566. The molecule has 0 spiro atoms. The fraction of sp³-hybridized carbons (Fsp3) is 0.167. The highest BCUT2D eigenvalue weighted by atomic mass is 32.1. The Kier molecular flexibility index (Phi) is 3.10. The molecule has 1 aromatic heterocycles. The topological polar surface area (TPSA) is 72.0 Å². The first-order chi connectivity index (χ1) is 8.13. The summed E-state index contributed by atoms with van der Waals surface area (Å²) in [6.45, 7) is 1.85. The molecule has 0 aliphatic carbocycles. The van der Waals surface area contributed by atoms with Crippen LogP contribution in [-0.2, 0) is 0 Å². The fourth-order valence-corrected chi connectivity index (χ4v) is 2.54. The molecule has 17 heavy (non-hydrogen) atoms. The average Bonchev–Trinajstić information content (AvgIpc) is 2.71. The molecule has 1 aromatic carbocycles. The number of ether oxygens (including phenoxy) is 1. The number of benzene rings is 1. The van der Waals surface area contributed by atoms with Gasteiger partial charge in [-0.05, 0) is 19.1 Å². The molecule has 1 heterocycles. The van der Waals surface area contributed by atoms with Crippen LogP contribution in [0.1, 0.15) is 10.6 Å². The quantitative estimate of drug-likeness (QED) is 0.646. The number of nitrogens with one attached hydrogen (secondary N) is 1. The van der Waals surface area contributed by atoms with E-state index < -0.39 is 0 Å². The summed E-state index contributed by atoms with van der Waals surface area (Å²) in [6.07, 6.45) is 0. The summed E-state index contributed by atoms with van der Waals surface area (Å²) < 4.78 is 5.29. The zero-order valence-electron chi connectivity index (χ0n) is 9.65. The number of nitrogens with two attached hydrogens (primary N) is 1. The van der Waals surface area contributed by atoms with Gasteiger partial charge in [0.15, 0.2) is 0 Å². The van der Waals surface area contributed by atoms with Gasteiger partial charge in [-0.2, -0.15) is 0 Å². The standard InChI is InChI=1S/C12H13N3OS/c1-7-10(11(13)14)17-12(15-7)8-5-3-4-6-9(8)16-2/h3-6H,1-2H3,(H3,13,14). The number of para-hydroxylation sites is 1. The Morgan fingerprint density at radius 1 is 1.41 bits per heavy atom. The van der Waals surface area contributed by atoms with Crippen LogP contribution in [0.5, 0.6) is 5.75 Å². The maximum Gasteiger partial charge on any atom is 0.135 e. The van der Waals surface area contributed by atoms with Crippen LogP contribution in [0.2, 0.25) is 0 Å². The van der Waals surface area contributed by atoms with E-state index in [0.29, 0.717) is 4.88 Å². The van der Waals surface area contributed by atoms with E-state index >= 15 is 0 Å². The summed E-state index contributed by atoms with van der Waals surface area (Å²) in [6, 6.07) is 7.68. The first-order valence-corrected chi connectivity index (χ1v) is 5.90. The summed E-state index contributed by atoms with van der Waals surface area (Å²) >= 11 is 1.41. The molecule has 2 rings (SSSR count). The number of nitrogens with zero attached hydrogens (tertiary/aromatic N) is 1. The molecule has 0 aliphatic heterocycles. The number of rotatable bonds is 3. The van der Waals surface area contributed by atoms with Crippen molar-refractivity contribution in [3.05, 3.63) is 34.8 Å². The molecule has 88 valence electrons. The summed E-state index contributed by atoms with van der Waals surface area (Å²) in [5.74, 6) is 0.831. The molecule has 4 nitrogen and oxygen atoms in total. The largest absolute Gasteiger partial charge is 0.496 e. The number of hydrogen-bond donors (Lipinski definition) is 2. The van der Waals surface area contributed by atoms with Crippen LogP contribution in [0.15, 0.2) is 24.3 Å². The third-order valence-electron chi connectivity index (χ3n) is 2.38. The highest BCUT2D eigenvalue weighted by Gasteiger charge is 2.14. The monoisotopic (exact) mass is 247 g/mol. The van der Waals surface area contributed by atoms with Gasteiger partial charge in [-0.15, -0.1) is 11.3 Å². The van der Waals surface area contributed by atoms with Crippen molar-refractivity contribution in [3.8, 4) is 16.3 Å². The van der Waals surface area contributed by atoms with Gasteiger partial charge in [-0.25, -0.2) is 4.98 Å². The van der Waals surface area contributed by atoms with Crippen molar-refractivity contribution in [2.24, 2.45) is 5.73 Å². The van der Waals surface area contributed by atoms with E-state index in [9.17, 15) is 0 Å². The molecular weight excluding hydrogens is 234 g/mol. The molecule has 0 unspecified atom stereocenters. The van der Waals surface area contributed by atoms with Gasteiger partial charge in [0.25, 0.3) is 0 Å². The summed E-state index contributed by atoms with van der Waals surface area (Å²) in [5, 5.41) is 8.29. The highest BCUT2D eigenvalue weighted by Crippen LogP contribution is 2.33. The number of amidine groups is 1. The summed E-state index contributed by atoms with van der Waals surface area (Å²) in [5.41, 5.74) is 7.21. The van der Waals surface area contributed by atoms with Gasteiger partial charge in [0.1, 0.15) is 16.6 Å². The molecule has 0 aliphatic rings. The SMILES string of the molecule is COc1ccccc1-c1nc(C)c(C(=N)N)s1. The first-order valence-electron chi connectivity index (χ1n) is 5.08. The van der Waals surface area contributed by atoms with Crippen LogP contribution in [0.4, 0.5) is 0 Å². The molecule has 0 bridgehead atoms. The Morgan fingerprint density at radius 2 is 2.12 bits per heavy atom. The summed E-state index contributed by atoms with van der Waals surface area (Å²) in [4.78, 5) is 5.14. The average molecular weight is 247 g/mol. The first kappa shape index (κ1) is 11.6. The van der Waals surface area contributed by atoms with Crippen molar-refractivity contribution < 1.29 is 4.74 Å². The molecule has 3 N–H and O–H groups in total. The maximum absolute atomic E-state index is 7.47. The lowest BCUT2D eigenvalue weighted by Gasteiger charge is -2.04. The molecule has 0 saturated heterocycles. The predicted octanol–water partition coefficient (Wildman–Crippen LogP) is 2.41. The van der Waals surface area contributed by atoms with Crippen LogP contribution in [0.3, 0.4) is 0 Å².